The van der Waals surface area contributed by atoms with Crippen molar-refractivity contribution in [2.75, 3.05) is 0 Å². The zero-order chi connectivity index (χ0) is 10.5. The van der Waals surface area contributed by atoms with Crippen molar-refractivity contribution in [1.29, 1.82) is 0 Å². The molecule has 1 N–H and O–H groups in total. The Morgan fingerprint density at radius 3 is 2.93 bits per heavy atom. The summed E-state index contributed by atoms with van der Waals surface area (Å²) in [6, 6.07) is 8.10. The molecule has 15 heavy (non-hydrogen) atoms. The second-order valence-corrected chi connectivity index (χ2v) is 4.64. The third-order valence-electron chi connectivity index (χ3n) is 4.04. The van der Waals surface area contributed by atoms with Crippen LogP contribution in [0.4, 0.5) is 0 Å². The SMILES string of the molecule is C#C[C@]1(O)c2ccccc2[C@@H]2CCC[C@H]21. The lowest BCUT2D eigenvalue weighted by atomic mass is 9.85. The van der Waals surface area contributed by atoms with Crippen molar-refractivity contribution in [3.8, 4) is 12.3 Å². The highest BCUT2D eigenvalue weighted by molar-refractivity contribution is 5.47. The van der Waals surface area contributed by atoms with Crippen LogP contribution in [0.2, 0.25) is 0 Å². The second kappa shape index (κ2) is 2.87. The number of benzene rings is 1. The van der Waals surface area contributed by atoms with Crippen molar-refractivity contribution in [3.05, 3.63) is 35.4 Å². The second-order valence-electron chi connectivity index (χ2n) is 4.64. The molecule has 1 heteroatoms. The number of rotatable bonds is 0. The smallest absolute Gasteiger partial charge is 0.154 e. The number of terminal acetylenes is 1. The minimum atomic E-state index is -1.00. The lowest BCUT2D eigenvalue weighted by molar-refractivity contribution is 0.0452. The first-order valence-electron chi connectivity index (χ1n) is 5.57. The van der Waals surface area contributed by atoms with E-state index in [9.17, 15) is 5.11 Å². The predicted molar refractivity (Wildman–Crippen MR) is 59.3 cm³/mol. The predicted octanol–water partition coefficient (Wildman–Crippen LogP) is 2.40. The molecule has 1 aromatic carbocycles. The van der Waals surface area contributed by atoms with Crippen LogP contribution in [0.5, 0.6) is 0 Å². The van der Waals surface area contributed by atoms with Crippen molar-refractivity contribution >= 4 is 0 Å². The Morgan fingerprint density at radius 2 is 2.13 bits per heavy atom. The first kappa shape index (κ1) is 9.00. The molecule has 1 nitrogen and oxygen atoms in total. The fourth-order valence-electron chi connectivity index (χ4n) is 3.38. The quantitative estimate of drug-likeness (QED) is 0.635. The van der Waals surface area contributed by atoms with Crippen molar-refractivity contribution in [2.24, 2.45) is 5.92 Å². The molecule has 3 rings (SSSR count). The number of aliphatic hydroxyl groups is 1. The monoisotopic (exact) mass is 198 g/mol. The van der Waals surface area contributed by atoms with E-state index in [1.807, 2.05) is 18.2 Å². The highest BCUT2D eigenvalue weighted by Crippen LogP contribution is 2.56. The molecule has 0 aliphatic heterocycles. The van der Waals surface area contributed by atoms with Crippen LogP contribution in [0.3, 0.4) is 0 Å². The molecular formula is C14H14O. The van der Waals surface area contributed by atoms with Gasteiger partial charge in [-0.25, -0.2) is 0 Å². The zero-order valence-electron chi connectivity index (χ0n) is 8.61. The summed E-state index contributed by atoms with van der Waals surface area (Å²) >= 11 is 0. The van der Waals surface area contributed by atoms with Crippen LogP contribution in [0.15, 0.2) is 24.3 Å². The maximum atomic E-state index is 10.6. The summed E-state index contributed by atoms with van der Waals surface area (Å²) in [4.78, 5) is 0. The molecule has 1 fully saturated rings. The van der Waals surface area contributed by atoms with Crippen LogP contribution in [-0.4, -0.2) is 5.11 Å². The van der Waals surface area contributed by atoms with Crippen LogP contribution in [0.1, 0.15) is 36.3 Å². The lowest BCUT2D eigenvalue weighted by Crippen LogP contribution is -2.28. The zero-order valence-corrected chi connectivity index (χ0v) is 8.61. The van der Waals surface area contributed by atoms with Gasteiger partial charge in [-0.2, -0.15) is 0 Å². The Labute approximate surface area is 90.1 Å². The Kier molecular flexibility index (Phi) is 1.72. The van der Waals surface area contributed by atoms with Crippen molar-refractivity contribution in [1.82, 2.24) is 0 Å². The lowest BCUT2D eigenvalue weighted by Gasteiger charge is -2.24. The molecule has 76 valence electrons. The minimum absolute atomic E-state index is 0.250. The van der Waals surface area contributed by atoms with Crippen LogP contribution in [0, 0.1) is 18.3 Å². The van der Waals surface area contributed by atoms with E-state index in [0.717, 1.165) is 12.0 Å². The fourth-order valence-corrected chi connectivity index (χ4v) is 3.38. The topological polar surface area (TPSA) is 20.2 Å². The Bertz CT molecular complexity index is 443. The maximum Gasteiger partial charge on any atom is 0.154 e. The molecule has 2 aliphatic rings. The maximum absolute atomic E-state index is 10.6. The van der Waals surface area contributed by atoms with Crippen LogP contribution >= 0.6 is 0 Å². The third-order valence-corrected chi connectivity index (χ3v) is 4.04. The summed E-state index contributed by atoms with van der Waals surface area (Å²) in [5, 5.41) is 10.6. The summed E-state index contributed by atoms with van der Waals surface area (Å²) in [7, 11) is 0. The van der Waals surface area contributed by atoms with Crippen molar-refractivity contribution < 1.29 is 5.11 Å². The van der Waals surface area contributed by atoms with E-state index in [4.69, 9.17) is 6.42 Å². The van der Waals surface area contributed by atoms with Gasteiger partial charge >= 0.3 is 0 Å². The highest BCUT2D eigenvalue weighted by atomic mass is 16.3. The minimum Gasteiger partial charge on any atom is -0.373 e. The summed E-state index contributed by atoms with van der Waals surface area (Å²) in [6.45, 7) is 0. The molecule has 0 saturated heterocycles. The first-order chi connectivity index (χ1) is 7.27. The molecule has 1 aromatic rings. The normalized spacial score (nSPS) is 37.1. The van der Waals surface area contributed by atoms with Crippen LogP contribution < -0.4 is 0 Å². The summed E-state index contributed by atoms with van der Waals surface area (Å²) in [5.74, 6) is 3.36. The highest BCUT2D eigenvalue weighted by Gasteiger charge is 2.51. The summed E-state index contributed by atoms with van der Waals surface area (Å²) in [5.41, 5.74) is 1.25. The molecule has 3 atom stereocenters. The first-order valence-corrected chi connectivity index (χ1v) is 5.57. The van der Waals surface area contributed by atoms with E-state index in [0.29, 0.717) is 5.92 Å². The Hall–Kier alpha value is -1.26. The van der Waals surface area contributed by atoms with Gasteiger partial charge in [0.15, 0.2) is 5.60 Å². The molecule has 2 aliphatic carbocycles. The van der Waals surface area contributed by atoms with Gasteiger partial charge < -0.3 is 5.11 Å². The standard InChI is InChI=1S/C14H14O/c1-2-14(15)12-8-4-3-6-10(12)11-7-5-9-13(11)14/h1,3-4,6,8,11,13,15H,5,7,9H2/t11-,13+,14-/m0/s1. The van der Waals surface area contributed by atoms with Crippen molar-refractivity contribution in [2.45, 2.75) is 30.8 Å². The van der Waals surface area contributed by atoms with Gasteiger partial charge in [0.1, 0.15) is 0 Å². The van der Waals surface area contributed by atoms with Crippen LogP contribution in [0.25, 0.3) is 0 Å². The van der Waals surface area contributed by atoms with E-state index in [1.54, 1.807) is 0 Å². The van der Waals surface area contributed by atoms with Gasteiger partial charge in [-0.05, 0) is 29.9 Å². The number of hydrogen-bond acceptors (Lipinski definition) is 1. The molecule has 0 amide bonds. The van der Waals surface area contributed by atoms with Gasteiger partial charge in [0.25, 0.3) is 0 Å². The summed E-state index contributed by atoms with van der Waals surface area (Å²) < 4.78 is 0. The van der Waals surface area contributed by atoms with E-state index in [2.05, 4.69) is 12.0 Å². The molecule has 0 heterocycles. The molecule has 0 radical (unpaired) electrons. The van der Waals surface area contributed by atoms with Crippen LogP contribution in [-0.2, 0) is 5.60 Å². The van der Waals surface area contributed by atoms with Gasteiger partial charge in [0, 0.05) is 5.92 Å². The largest absolute Gasteiger partial charge is 0.373 e. The van der Waals surface area contributed by atoms with Gasteiger partial charge in [-0.15, -0.1) is 6.42 Å². The Balaban J connectivity index is 2.23. The molecule has 0 unspecified atom stereocenters. The molecule has 0 bridgehead atoms. The van der Waals surface area contributed by atoms with E-state index < -0.39 is 5.60 Å². The third kappa shape index (κ3) is 0.979. The Morgan fingerprint density at radius 1 is 1.33 bits per heavy atom. The average molecular weight is 198 g/mol. The van der Waals surface area contributed by atoms with Gasteiger partial charge in [-0.3, -0.25) is 0 Å². The van der Waals surface area contributed by atoms with Gasteiger partial charge in [-0.1, -0.05) is 36.6 Å². The number of fused-ring (bicyclic) bond motifs is 3. The molecule has 1 saturated carbocycles. The van der Waals surface area contributed by atoms with E-state index >= 15 is 0 Å². The van der Waals surface area contributed by atoms with Gasteiger partial charge in [0.05, 0.1) is 0 Å². The van der Waals surface area contributed by atoms with E-state index in [-0.39, 0.29) is 5.92 Å². The van der Waals surface area contributed by atoms with Gasteiger partial charge in [0.2, 0.25) is 0 Å². The van der Waals surface area contributed by atoms with E-state index in [1.165, 1.54) is 18.4 Å². The fraction of sp³-hybridized carbons (Fsp3) is 0.429. The van der Waals surface area contributed by atoms with Crippen molar-refractivity contribution in [3.63, 3.8) is 0 Å². The number of hydrogen-bond donors (Lipinski definition) is 1. The summed E-state index contributed by atoms with van der Waals surface area (Å²) in [6.07, 6.45) is 8.95. The molecular weight excluding hydrogens is 184 g/mol. The average Bonchev–Trinajstić information content (AvgIpc) is 2.83. The molecule has 0 spiro atoms. The molecule has 0 aromatic heterocycles.